The molecule has 0 aromatic heterocycles. The molecule has 96 valence electrons. The van der Waals surface area contributed by atoms with Crippen LogP contribution in [-0.2, 0) is 6.18 Å². The highest BCUT2D eigenvalue weighted by molar-refractivity contribution is 6.31. The average Bonchev–Trinajstić information content (AvgIpc) is 2.13. The maximum Gasteiger partial charge on any atom is 0.418 e. The lowest BCUT2D eigenvalue weighted by atomic mass is 10.0. The number of halogens is 7. The fourth-order valence-corrected chi connectivity index (χ4v) is 1.50. The molecular formula is C9H5ClF6O. The Morgan fingerprint density at radius 3 is 2.00 bits per heavy atom. The van der Waals surface area contributed by atoms with E-state index in [1.54, 1.807) is 0 Å². The van der Waals surface area contributed by atoms with Gasteiger partial charge in [0.1, 0.15) is 0 Å². The van der Waals surface area contributed by atoms with Gasteiger partial charge < -0.3 is 5.11 Å². The molecule has 1 atom stereocenters. The fourth-order valence-electron chi connectivity index (χ4n) is 1.23. The van der Waals surface area contributed by atoms with Crippen molar-refractivity contribution in [2.24, 2.45) is 0 Å². The van der Waals surface area contributed by atoms with Gasteiger partial charge in [-0.05, 0) is 12.1 Å². The van der Waals surface area contributed by atoms with Crippen LogP contribution < -0.4 is 0 Å². The minimum Gasteiger partial charge on any atom is -0.379 e. The summed E-state index contributed by atoms with van der Waals surface area (Å²) >= 11 is 5.28. The molecule has 1 nitrogen and oxygen atoms in total. The monoisotopic (exact) mass is 278 g/mol. The van der Waals surface area contributed by atoms with Gasteiger partial charge in [0.05, 0.1) is 5.56 Å². The summed E-state index contributed by atoms with van der Waals surface area (Å²) in [5.41, 5.74) is -2.98. The molecule has 0 aliphatic heterocycles. The van der Waals surface area contributed by atoms with Crippen LogP contribution >= 0.6 is 11.6 Å². The van der Waals surface area contributed by atoms with E-state index in [9.17, 15) is 26.3 Å². The smallest absolute Gasteiger partial charge is 0.379 e. The van der Waals surface area contributed by atoms with Crippen molar-refractivity contribution < 1.29 is 31.4 Å². The van der Waals surface area contributed by atoms with Gasteiger partial charge in [0.25, 0.3) is 0 Å². The van der Waals surface area contributed by atoms with Crippen molar-refractivity contribution in [1.82, 2.24) is 0 Å². The Kier molecular flexibility index (Phi) is 3.63. The van der Waals surface area contributed by atoms with Crippen LogP contribution in [0, 0.1) is 0 Å². The van der Waals surface area contributed by atoms with Crippen LogP contribution in [0.1, 0.15) is 17.2 Å². The van der Waals surface area contributed by atoms with E-state index >= 15 is 0 Å². The molecule has 8 heteroatoms. The largest absolute Gasteiger partial charge is 0.418 e. The van der Waals surface area contributed by atoms with Crippen molar-refractivity contribution in [3.05, 3.63) is 34.3 Å². The number of hydrogen-bond acceptors (Lipinski definition) is 1. The summed E-state index contributed by atoms with van der Waals surface area (Å²) in [5.74, 6) is 0. The first-order valence-corrected chi connectivity index (χ1v) is 4.53. The van der Waals surface area contributed by atoms with Gasteiger partial charge in [-0.3, -0.25) is 0 Å². The zero-order chi connectivity index (χ0) is 13.4. The molecule has 0 radical (unpaired) electrons. The highest BCUT2D eigenvalue weighted by atomic mass is 35.5. The number of hydrogen-bond donors (Lipinski definition) is 1. The van der Waals surface area contributed by atoms with Gasteiger partial charge in [-0.25, -0.2) is 0 Å². The van der Waals surface area contributed by atoms with Crippen LogP contribution in [-0.4, -0.2) is 11.3 Å². The predicted molar refractivity (Wildman–Crippen MR) is 47.5 cm³/mol. The molecule has 0 saturated carbocycles. The molecule has 1 N–H and O–H groups in total. The Bertz CT molecular complexity index is 411. The summed E-state index contributed by atoms with van der Waals surface area (Å²) in [6.45, 7) is 0. The van der Waals surface area contributed by atoms with Crippen molar-refractivity contribution in [1.29, 1.82) is 0 Å². The first-order chi connectivity index (χ1) is 7.55. The molecule has 1 aromatic rings. The molecule has 0 aliphatic rings. The quantitative estimate of drug-likeness (QED) is 0.771. The van der Waals surface area contributed by atoms with E-state index in [0.29, 0.717) is 6.07 Å². The van der Waals surface area contributed by atoms with Crippen molar-refractivity contribution in [3.63, 3.8) is 0 Å². The molecule has 1 rings (SSSR count). The van der Waals surface area contributed by atoms with Gasteiger partial charge >= 0.3 is 12.4 Å². The summed E-state index contributed by atoms with van der Waals surface area (Å²) in [7, 11) is 0. The number of alkyl halides is 6. The maximum atomic E-state index is 12.4. The second-order valence-corrected chi connectivity index (χ2v) is 3.55. The minimum absolute atomic E-state index is 0.427. The van der Waals surface area contributed by atoms with Crippen LogP contribution in [0.3, 0.4) is 0 Å². The number of aliphatic hydroxyl groups excluding tert-OH is 1. The third kappa shape index (κ3) is 3.04. The van der Waals surface area contributed by atoms with E-state index in [4.69, 9.17) is 16.7 Å². The number of benzene rings is 1. The highest BCUT2D eigenvalue weighted by Crippen LogP contribution is 2.43. The van der Waals surface area contributed by atoms with Crippen LogP contribution in [0.2, 0.25) is 5.02 Å². The molecule has 0 heterocycles. The molecule has 0 bridgehead atoms. The fraction of sp³-hybridized carbons (Fsp3) is 0.333. The lowest BCUT2D eigenvalue weighted by Crippen LogP contribution is -2.24. The van der Waals surface area contributed by atoms with Gasteiger partial charge in [-0.1, -0.05) is 17.7 Å². The molecule has 0 saturated heterocycles. The predicted octanol–water partition coefficient (Wildman–Crippen LogP) is 3.95. The van der Waals surface area contributed by atoms with Gasteiger partial charge in [0, 0.05) is 10.6 Å². The molecule has 0 fully saturated rings. The Morgan fingerprint density at radius 2 is 1.59 bits per heavy atom. The Morgan fingerprint density at radius 1 is 1.06 bits per heavy atom. The lowest BCUT2D eigenvalue weighted by Gasteiger charge is -2.20. The SMILES string of the molecule is O[C@H](c1c(Cl)cccc1C(F)(F)F)C(F)(F)F. The molecule has 0 unspecified atom stereocenters. The number of aliphatic hydroxyl groups is 1. The Labute approximate surface area is 96.6 Å². The zero-order valence-corrected chi connectivity index (χ0v) is 8.66. The summed E-state index contributed by atoms with van der Waals surface area (Å²) in [6.07, 6.45) is -13.5. The first kappa shape index (κ1) is 14.1. The van der Waals surface area contributed by atoms with Crippen LogP contribution in [0.5, 0.6) is 0 Å². The normalized spacial score (nSPS) is 14.8. The highest BCUT2D eigenvalue weighted by Gasteiger charge is 2.45. The van der Waals surface area contributed by atoms with Crippen LogP contribution in [0.25, 0.3) is 0 Å². The van der Waals surface area contributed by atoms with Crippen molar-refractivity contribution in [3.8, 4) is 0 Å². The van der Waals surface area contributed by atoms with E-state index < -0.39 is 34.6 Å². The Balaban J connectivity index is 3.41. The van der Waals surface area contributed by atoms with E-state index in [2.05, 4.69) is 0 Å². The van der Waals surface area contributed by atoms with Gasteiger partial charge in [0.15, 0.2) is 6.10 Å². The van der Waals surface area contributed by atoms with Crippen LogP contribution in [0.4, 0.5) is 26.3 Å². The molecule has 0 aliphatic carbocycles. The second kappa shape index (κ2) is 4.38. The van der Waals surface area contributed by atoms with E-state index in [0.717, 1.165) is 12.1 Å². The summed E-state index contributed by atoms with van der Waals surface area (Å²) in [4.78, 5) is 0. The van der Waals surface area contributed by atoms with Crippen LogP contribution in [0.15, 0.2) is 18.2 Å². The third-order valence-corrected chi connectivity index (χ3v) is 2.27. The average molecular weight is 279 g/mol. The van der Waals surface area contributed by atoms with Crippen molar-refractivity contribution >= 4 is 11.6 Å². The minimum atomic E-state index is -5.22. The molecular weight excluding hydrogens is 274 g/mol. The third-order valence-electron chi connectivity index (χ3n) is 1.94. The lowest BCUT2D eigenvalue weighted by molar-refractivity contribution is -0.209. The van der Waals surface area contributed by atoms with Gasteiger partial charge in [0.2, 0.25) is 0 Å². The van der Waals surface area contributed by atoms with Gasteiger partial charge in [-0.2, -0.15) is 26.3 Å². The van der Waals surface area contributed by atoms with Crippen molar-refractivity contribution in [2.75, 3.05) is 0 Å². The zero-order valence-electron chi connectivity index (χ0n) is 7.90. The Hall–Kier alpha value is -0.950. The van der Waals surface area contributed by atoms with E-state index in [-0.39, 0.29) is 0 Å². The molecule has 17 heavy (non-hydrogen) atoms. The van der Waals surface area contributed by atoms with Gasteiger partial charge in [-0.15, -0.1) is 0 Å². The topological polar surface area (TPSA) is 20.2 Å². The van der Waals surface area contributed by atoms with E-state index in [1.165, 1.54) is 0 Å². The molecule has 1 aromatic carbocycles. The second-order valence-electron chi connectivity index (χ2n) is 3.14. The summed E-state index contributed by atoms with van der Waals surface area (Å²) in [5, 5.41) is 8.09. The van der Waals surface area contributed by atoms with E-state index in [1.807, 2.05) is 0 Å². The first-order valence-electron chi connectivity index (χ1n) is 4.15. The van der Waals surface area contributed by atoms with Crippen molar-refractivity contribution in [2.45, 2.75) is 18.5 Å². The maximum absolute atomic E-state index is 12.4. The summed E-state index contributed by atoms with van der Waals surface area (Å²) in [6, 6.07) is 2.13. The number of rotatable bonds is 1. The molecule has 0 spiro atoms. The standard InChI is InChI=1S/C9H5ClF6O/c10-5-3-1-2-4(8(11,12)13)6(5)7(17)9(14,15)16/h1-3,7,17H/t7-/m1/s1. The molecule has 0 amide bonds. The summed E-state index contributed by atoms with van der Waals surface area (Å²) < 4.78 is 73.9.